The normalized spacial score (nSPS) is 23.1. The molecule has 0 aliphatic carbocycles. The number of phenols is 2. The number of aromatic nitrogens is 4. The number of aromatic hydroxyl groups is 2. The summed E-state index contributed by atoms with van der Waals surface area (Å²) >= 11 is 6.16. The molecule has 3 heterocycles. The summed E-state index contributed by atoms with van der Waals surface area (Å²) in [5.74, 6) is -1.91. The molecule has 1 aliphatic heterocycles. The number of aliphatic hydroxyl groups is 2. The van der Waals surface area contributed by atoms with Crippen molar-refractivity contribution in [1.29, 1.82) is 0 Å². The zero-order valence-corrected chi connectivity index (χ0v) is 22.6. The number of benzene rings is 2. The van der Waals surface area contributed by atoms with Crippen molar-refractivity contribution in [1.82, 2.24) is 19.5 Å². The Bertz CT molecular complexity index is 1700. The molecule has 19 heteroatoms. The number of halogens is 1. The Labute approximate surface area is 229 Å². The zero-order valence-electron chi connectivity index (χ0n) is 20.0. The van der Waals surface area contributed by atoms with Crippen LogP contribution in [-0.4, -0.2) is 85.4 Å². The molecule has 214 valence electrons. The average Bonchev–Trinajstić information content (AvgIpc) is 3.38. The highest BCUT2D eigenvalue weighted by Crippen LogP contribution is 2.55. The SMILES string of the molecule is O=P(O)(O)CP(=O)(O)OC[C@H]1O[C@@H](n2cnc3c(Nc4cccc5cc(O)c(O)cc45)nc(Cl)nc32)[C@@H](O)[C@H]1O. The molecular formula is C21H22ClN5O11P2. The molecule has 2 aromatic heterocycles. The molecule has 0 spiro atoms. The van der Waals surface area contributed by atoms with Crippen LogP contribution < -0.4 is 5.32 Å². The Morgan fingerprint density at radius 2 is 1.80 bits per heavy atom. The van der Waals surface area contributed by atoms with E-state index in [1.54, 1.807) is 18.2 Å². The molecule has 40 heavy (non-hydrogen) atoms. The second kappa shape index (κ2) is 10.5. The van der Waals surface area contributed by atoms with Crippen LogP contribution in [0, 0.1) is 0 Å². The summed E-state index contributed by atoms with van der Waals surface area (Å²) in [4.78, 5) is 40.2. The van der Waals surface area contributed by atoms with E-state index in [0.29, 0.717) is 16.5 Å². The van der Waals surface area contributed by atoms with Crippen molar-refractivity contribution in [2.75, 3.05) is 17.8 Å². The average molecular weight is 618 g/mol. The molecule has 5 atom stereocenters. The van der Waals surface area contributed by atoms with E-state index in [-0.39, 0.29) is 33.8 Å². The minimum absolute atomic E-state index is 0.0791. The van der Waals surface area contributed by atoms with Crippen molar-refractivity contribution in [2.24, 2.45) is 0 Å². The maximum atomic E-state index is 12.0. The lowest BCUT2D eigenvalue weighted by Crippen LogP contribution is -2.33. The molecule has 2 aromatic carbocycles. The van der Waals surface area contributed by atoms with Gasteiger partial charge in [-0.3, -0.25) is 13.7 Å². The molecule has 16 nitrogen and oxygen atoms in total. The first-order valence-corrected chi connectivity index (χ1v) is 15.3. The smallest absolute Gasteiger partial charge is 0.340 e. The van der Waals surface area contributed by atoms with E-state index < -0.39 is 52.2 Å². The first-order chi connectivity index (χ1) is 18.7. The molecule has 0 bridgehead atoms. The topological polar surface area (TPSA) is 250 Å². The van der Waals surface area contributed by atoms with E-state index in [9.17, 15) is 34.4 Å². The minimum Gasteiger partial charge on any atom is -0.504 e. The first kappa shape index (κ1) is 28.6. The highest BCUT2D eigenvalue weighted by molar-refractivity contribution is 7.70. The zero-order chi connectivity index (χ0) is 29.0. The number of fused-ring (bicyclic) bond motifs is 2. The third-order valence-electron chi connectivity index (χ3n) is 6.04. The Morgan fingerprint density at radius 1 is 1.07 bits per heavy atom. The van der Waals surface area contributed by atoms with Gasteiger partial charge in [0.1, 0.15) is 18.3 Å². The number of phenolic OH excluding ortho intramolecular Hbond substituents is 2. The van der Waals surface area contributed by atoms with E-state index in [0.717, 1.165) is 0 Å². The molecule has 1 aliphatic rings. The summed E-state index contributed by atoms with van der Waals surface area (Å²) in [6, 6.07) is 7.87. The van der Waals surface area contributed by atoms with Crippen molar-refractivity contribution >= 4 is 60.2 Å². The van der Waals surface area contributed by atoms with Gasteiger partial charge in [0.15, 0.2) is 40.6 Å². The lowest BCUT2D eigenvalue weighted by molar-refractivity contribution is -0.0483. The molecular weight excluding hydrogens is 596 g/mol. The largest absolute Gasteiger partial charge is 0.504 e. The van der Waals surface area contributed by atoms with E-state index in [1.807, 2.05) is 0 Å². The van der Waals surface area contributed by atoms with Crippen LogP contribution in [0.5, 0.6) is 11.5 Å². The number of ether oxygens (including phenoxy) is 1. The number of nitrogens with zero attached hydrogens (tertiary/aromatic N) is 4. The van der Waals surface area contributed by atoms with Gasteiger partial charge in [0, 0.05) is 11.1 Å². The number of aliphatic hydroxyl groups excluding tert-OH is 2. The van der Waals surface area contributed by atoms with Crippen molar-refractivity contribution in [3.05, 3.63) is 41.9 Å². The second-order valence-electron chi connectivity index (χ2n) is 8.94. The maximum absolute atomic E-state index is 12.0. The van der Waals surface area contributed by atoms with E-state index in [4.69, 9.17) is 30.6 Å². The number of imidazole rings is 1. The van der Waals surface area contributed by atoms with Crippen LogP contribution in [0.3, 0.4) is 0 Å². The van der Waals surface area contributed by atoms with E-state index in [1.165, 1.54) is 23.0 Å². The summed E-state index contributed by atoms with van der Waals surface area (Å²) in [6.45, 7) is -0.763. The van der Waals surface area contributed by atoms with Crippen molar-refractivity contribution in [3.63, 3.8) is 0 Å². The van der Waals surface area contributed by atoms with Gasteiger partial charge in [-0.2, -0.15) is 9.97 Å². The van der Waals surface area contributed by atoms with Gasteiger partial charge in [0.2, 0.25) is 5.28 Å². The predicted octanol–water partition coefficient (Wildman–Crippen LogP) is 1.74. The molecule has 0 saturated carbocycles. The molecule has 0 amide bonds. The molecule has 5 rings (SSSR count). The fourth-order valence-corrected chi connectivity index (χ4v) is 7.00. The molecule has 1 fully saturated rings. The lowest BCUT2D eigenvalue weighted by atomic mass is 10.1. The summed E-state index contributed by atoms with van der Waals surface area (Å²) in [5, 5.41) is 44.9. The van der Waals surface area contributed by atoms with Crippen molar-refractivity contribution < 1.29 is 53.5 Å². The van der Waals surface area contributed by atoms with Gasteiger partial charge in [-0.05, 0) is 35.2 Å². The maximum Gasteiger partial charge on any atom is 0.340 e. The van der Waals surface area contributed by atoms with Gasteiger partial charge < -0.3 is 49.7 Å². The Kier molecular flexibility index (Phi) is 7.52. The third kappa shape index (κ3) is 5.78. The van der Waals surface area contributed by atoms with E-state index >= 15 is 0 Å². The lowest BCUT2D eigenvalue weighted by Gasteiger charge is -2.18. The number of hydrogen-bond donors (Lipinski definition) is 8. The third-order valence-corrected chi connectivity index (χ3v) is 9.66. The summed E-state index contributed by atoms with van der Waals surface area (Å²) < 4.78 is 34.6. The number of anilines is 2. The summed E-state index contributed by atoms with van der Waals surface area (Å²) in [6.07, 6.45) is -4.64. The van der Waals surface area contributed by atoms with Gasteiger partial charge in [0.25, 0.3) is 0 Å². The minimum atomic E-state index is -4.87. The second-order valence-corrected chi connectivity index (χ2v) is 13.3. The number of nitrogens with one attached hydrogen (secondary N) is 1. The van der Waals surface area contributed by atoms with E-state index in [2.05, 4.69) is 20.3 Å². The van der Waals surface area contributed by atoms with Gasteiger partial charge in [-0.15, -0.1) is 0 Å². The van der Waals surface area contributed by atoms with Gasteiger partial charge >= 0.3 is 15.2 Å². The molecule has 1 saturated heterocycles. The fourth-order valence-electron chi connectivity index (χ4n) is 4.26. The fraction of sp³-hybridized carbons (Fsp3) is 0.286. The first-order valence-electron chi connectivity index (χ1n) is 11.4. The van der Waals surface area contributed by atoms with Crippen LogP contribution in [0.25, 0.3) is 21.9 Å². The summed E-state index contributed by atoms with van der Waals surface area (Å²) in [7, 11) is -9.60. The van der Waals surface area contributed by atoms with Crippen LogP contribution in [0.2, 0.25) is 5.28 Å². The highest BCUT2D eigenvalue weighted by Gasteiger charge is 2.45. The molecule has 8 N–H and O–H groups in total. The van der Waals surface area contributed by atoms with Crippen LogP contribution >= 0.6 is 26.8 Å². The van der Waals surface area contributed by atoms with Gasteiger partial charge in [0.05, 0.1) is 12.9 Å². The summed E-state index contributed by atoms with van der Waals surface area (Å²) in [5.41, 5.74) is 0.734. The van der Waals surface area contributed by atoms with Crippen LogP contribution in [0.4, 0.5) is 11.5 Å². The van der Waals surface area contributed by atoms with Crippen molar-refractivity contribution in [3.8, 4) is 11.5 Å². The standard InChI is InChI=1S/C21H22ClN5O11P2/c22-21-25-18(24-11-3-1-2-9-4-12(28)13(29)5-10(9)11)15-19(26-21)27(7-23-15)20-17(31)16(30)14(38-20)6-37-40(35,36)8-39(32,33)34/h1-5,7,14,16-17,20,28-31H,6,8H2,(H,35,36)(H,24,25,26)(H2,32,33,34)/t14-,16+,17+,20-/m1/s1. The molecule has 0 radical (unpaired) electrons. The van der Waals surface area contributed by atoms with Crippen LogP contribution in [0.1, 0.15) is 6.23 Å². The van der Waals surface area contributed by atoms with Crippen LogP contribution in [0.15, 0.2) is 36.7 Å². The highest BCUT2D eigenvalue weighted by atomic mass is 35.5. The quantitative estimate of drug-likeness (QED) is 0.0796. The predicted molar refractivity (Wildman–Crippen MR) is 140 cm³/mol. The van der Waals surface area contributed by atoms with Crippen molar-refractivity contribution in [2.45, 2.75) is 24.5 Å². The Hall–Kier alpha value is -2.88. The van der Waals surface area contributed by atoms with Gasteiger partial charge in [-0.25, -0.2) is 4.98 Å². The number of rotatable bonds is 8. The monoisotopic (exact) mass is 617 g/mol. The van der Waals surface area contributed by atoms with Crippen LogP contribution in [-0.2, 0) is 18.4 Å². The number of hydrogen-bond acceptors (Lipinski definition) is 12. The Balaban J connectivity index is 1.43. The Morgan fingerprint density at radius 3 is 2.52 bits per heavy atom. The molecule has 1 unspecified atom stereocenters. The van der Waals surface area contributed by atoms with Gasteiger partial charge in [-0.1, -0.05) is 12.1 Å². The molecule has 4 aromatic rings.